The van der Waals surface area contributed by atoms with E-state index in [1.165, 1.54) is 19.2 Å². The number of alkyl halides is 3. The molecule has 0 bridgehead atoms. The molecule has 0 unspecified atom stereocenters. The number of hydrogen-bond acceptors (Lipinski definition) is 4. The fraction of sp³-hybridized carbons (Fsp3) is 0.533. The Kier molecular flexibility index (Phi) is 5.70. The second kappa shape index (κ2) is 7.54. The van der Waals surface area contributed by atoms with Crippen molar-refractivity contribution in [3.63, 3.8) is 0 Å². The lowest BCUT2D eigenvalue weighted by atomic mass is 10.1. The van der Waals surface area contributed by atoms with Crippen LogP contribution in [0.2, 0.25) is 0 Å². The highest BCUT2D eigenvalue weighted by molar-refractivity contribution is 5.66. The van der Waals surface area contributed by atoms with Crippen LogP contribution in [0.25, 0.3) is 0 Å². The molecule has 0 radical (unpaired) electrons. The molecule has 0 saturated carbocycles. The topological polar surface area (TPSA) is 50.8 Å². The molecule has 1 aromatic rings. The number of likely N-dealkylation sites (tertiary alicyclic amines) is 1. The molecule has 0 aliphatic carbocycles. The molecule has 1 aliphatic heterocycles. The van der Waals surface area contributed by atoms with Crippen molar-refractivity contribution in [1.29, 1.82) is 0 Å². The van der Waals surface area contributed by atoms with Gasteiger partial charge in [0.15, 0.2) is 0 Å². The normalized spacial score (nSPS) is 16.9. The third-order valence-electron chi connectivity index (χ3n) is 3.58. The second-order valence-corrected chi connectivity index (χ2v) is 5.32. The van der Waals surface area contributed by atoms with E-state index in [9.17, 15) is 18.0 Å². The molecule has 1 fully saturated rings. The predicted octanol–water partition coefficient (Wildman–Crippen LogP) is 2.91. The molecule has 0 aromatic heterocycles. The number of amides is 1. The van der Waals surface area contributed by atoms with Gasteiger partial charge in [0.2, 0.25) is 0 Å². The summed E-state index contributed by atoms with van der Waals surface area (Å²) in [6.45, 7) is 2.17. The summed E-state index contributed by atoms with van der Waals surface area (Å²) in [7, 11) is 1.52. The minimum Gasteiger partial charge on any atom is -0.446 e. The Balaban J connectivity index is 1.79. The minimum absolute atomic E-state index is 0.0891. The van der Waals surface area contributed by atoms with E-state index in [1.54, 1.807) is 12.1 Å². The first-order chi connectivity index (χ1) is 10.9. The second-order valence-electron chi connectivity index (χ2n) is 5.32. The van der Waals surface area contributed by atoms with Crippen molar-refractivity contribution in [2.24, 2.45) is 0 Å². The number of hydrogen-bond donors (Lipinski definition) is 1. The average Bonchev–Trinajstić information content (AvgIpc) is 2.49. The third-order valence-corrected chi connectivity index (χ3v) is 3.58. The van der Waals surface area contributed by atoms with E-state index < -0.39 is 12.5 Å². The highest BCUT2D eigenvalue weighted by atomic mass is 19.4. The monoisotopic (exact) mass is 332 g/mol. The van der Waals surface area contributed by atoms with Crippen molar-refractivity contribution in [2.45, 2.75) is 31.9 Å². The molecule has 1 aliphatic rings. The molecule has 5 nitrogen and oxygen atoms in total. The van der Waals surface area contributed by atoms with Gasteiger partial charge in [-0.3, -0.25) is 4.90 Å². The van der Waals surface area contributed by atoms with E-state index >= 15 is 0 Å². The number of alkyl carbamates (subject to hydrolysis) is 1. The van der Waals surface area contributed by atoms with Crippen LogP contribution < -0.4 is 10.1 Å². The lowest BCUT2D eigenvalue weighted by molar-refractivity contribution is -0.274. The van der Waals surface area contributed by atoms with Crippen molar-refractivity contribution >= 4 is 6.09 Å². The Bertz CT molecular complexity index is 512. The van der Waals surface area contributed by atoms with Crippen LogP contribution in [0.3, 0.4) is 0 Å². The number of halogens is 3. The fourth-order valence-electron chi connectivity index (χ4n) is 2.45. The zero-order chi connectivity index (χ0) is 16.9. The molecular formula is C15H19F3N2O3. The average molecular weight is 332 g/mol. The van der Waals surface area contributed by atoms with E-state index in [-0.39, 0.29) is 11.9 Å². The van der Waals surface area contributed by atoms with Crippen LogP contribution in [0.4, 0.5) is 18.0 Å². The summed E-state index contributed by atoms with van der Waals surface area (Å²) in [4.78, 5) is 13.3. The van der Waals surface area contributed by atoms with Gasteiger partial charge in [0, 0.05) is 26.7 Å². The van der Waals surface area contributed by atoms with Crippen molar-refractivity contribution in [3.05, 3.63) is 29.8 Å². The maximum atomic E-state index is 12.1. The van der Waals surface area contributed by atoms with Crippen LogP contribution in [-0.2, 0) is 11.3 Å². The Hall–Kier alpha value is -1.96. The number of nitrogens with zero attached hydrogens (tertiary/aromatic N) is 1. The minimum atomic E-state index is -4.67. The van der Waals surface area contributed by atoms with Crippen LogP contribution >= 0.6 is 0 Å². The highest BCUT2D eigenvalue weighted by Gasteiger charge is 2.31. The van der Waals surface area contributed by atoms with Crippen molar-refractivity contribution in [2.75, 3.05) is 20.1 Å². The predicted molar refractivity (Wildman–Crippen MR) is 77.0 cm³/mol. The first-order valence-electron chi connectivity index (χ1n) is 7.31. The van der Waals surface area contributed by atoms with Crippen molar-refractivity contribution in [3.8, 4) is 5.75 Å². The number of benzene rings is 1. The Morgan fingerprint density at radius 3 is 2.39 bits per heavy atom. The molecule has 1 N–H and O–H groups in total. The zero-order valence-electron chi connectivity index (χ0n) is 12.7. The van der Waals surface area contributed by atoms with Crippen LogP contribution in [0.15, 0.2) is 24.3 Å². The molecule has 8 heteroatoms. The van der Waals surface area contributed by atoms with Gasteiger partial charge in [0.05, 0.1) is 0 Å². The highest BCUT2D eigenvalue weighted by Crippen LogP contribution is 2.23. The van der Waals surface area contributed by atoms with Gasteiger partial charge in [-0.05, 0) is 30.5 Å². The van der Waals surface area contributed by atoms with Crippen molar-refractivity contribution in [1.82, 2.24) is 10.2 Å². The van der Waals surface area contributed by atoms with Gasteiger partial charge >= 0.3 is 12.5 Å². The van der Waals surface area contributed by atoms with E-state index in [4.69, 9.17) is 4.74 Å². The number of carbonyl (C=O) groups is 1. The van der Waals surface area contributed by atoms with Crippen molar-refractivity contribution < 1.29 is 27.4 Å². The lowest BCUT2D eigenvalue weighted by Crippen LogP contribution is -2.38. The third kappa shape index (κ3) is 5.97. The maximum Gasteiger partial charge on any atom is 0.573 e. The molecule has 2 rings (SSSR count). The zero-order valence-corrected chi connectivity index (χ0v) is 12.7. The lowest BCUT2D eigenvalue weighted by Gasteiger charge is -2.31. The van der Waals surface area contributed by atoms with Gasteiger partial charge in [0.1, 0.15) is 11.9 Å². The maximum absolute atomic E-state index is 12.1. The number of ether oxygens (including phenoxy) is 2. The number of piperidine rings is 1. The van der Waals surface area contributed by atoms with Gasteiger partial charge in [-0.15, -0.1) is 13.2 Å². The molecule has 1 heterocycles. The molecule has 0 spiro atoms. The first-order valence-corrected chi connectivity index (χ1v) is 7.31. The SMILES string of the molecule is CNC(=O)OC1CCN(Cc2ccc(OC(F)(F)F)cc2)CC1. The molecule has 128 valence electrons. The van der Waals surface area contributed by atoms with Gasteiger partial charge in [-0.1, -0.05) is 12.1 Å². The van der Waals surface area contributed by atoms with E-state index in [1.807, 2.05) is 0 Å². The van der Waals surface area contributed by atoms with Gasteiger partial charge in [-0.2, -0.15) is 0 Å². The van der Waals surface area contributed by atoms with E-state index in [2.05, 4.69) is 15.0 Å². The summed E-state index contributed by atoms with van der Waals surface area (Å²) < 4.78 is 45.3. The van der Waals surface area contributed by atoms with E-state index in [0.29, 0.717) is 6.54 Å². The quantitative estimate of drug-likeness (QED) is 0.921. The summed E-state index contributed by atoms with van der Waals surface area (Å²) >= 11 is 0. The summed E-state index contributed by atoms with van der Waals surface area (Å²) in [6.07, 6.45) is -3.71. The Morgan fingerprint density at radius 1 is 1.26 bits per heavy atom. The molecule has 1 aromatic carbocycles. The summed E-state index contributed by atoms with van der Waals surface area (Å²) in [5, 5.41) is 2.42. The largest absolute Gasteiger partial charge is 0.573 e. The molecule has 1 saturated heterocycles. The summed E-state index contributed by atoms with van der Waals surface area (Å²) in [5.41, 5.74) is 0.908. The summed E-state index contributed by atoms with van der Waals surface area (Å²) in [5.74, 6) is -0.223. The first kappa shape index (κ1) is 17.4. The molecule has 1 amide bonds. The summed E-state index contributed by atoms with van der Waals surface area (Å²) in [6, 6.07) is 5.86. The van der Waals surface area contributed by atoms with Gasteiger partial charge in [0.25, 0.3) is 0 Å². The number of carbonyl (C=O) groups excluding carboxylic acids is 1. The molecule has 23 heavy (non-hydrogen) atoms. The van der Waals surface area contributed by atoms with Crippen LogP contribution in [-0.4, -0.2) is 43.6 Å². The van der Waals surface area contributed by atoms with E-state index in [0.717, 1.165) is 31.5 Å². The number of nitrogens with one attached hydrogen (secondary N) is 1. The smallest absolute Gasteiger partial charge is 0.446 e. The van der Waals surface area contributed by atoms with Gasteiger partial charge in [-0.25, -0.2) is 4.79 Å². The fourth-order valence-corrected chi connectivity index (χ4v) is 2.45. The molecule has 0 atom stereocenters. The number of rotatable bonds is 4. The Labute approximate surface area is 132 Å². The van der Waals surface area contributed by atoms with Crippen LogP contribution in [0.5, 0.6) is 5.75 Å². The van der Waals surface area contributed by atoms with Gasteiger partial charge < -0.3 is 14.8 Å². The standard InChI is InChI=1S/C15H19F3N2O3/c1-19-14(21)22-12-6-8-20(9-7-12)10-11-2-4-13(5-3-11)23-15(16,17)18/h2-5,12H,6-10H2,1H3,(H,19,21). The van der Waals surface area contributed by atoms with Crippen LogP contribution in [0.1, 0.15) is 18.4 Å². The van der Waals surface area contributed by atoms with Crippen LogP contribution in [0, 0.1) is 0 Å². The Morgan fingerprint density at radius 2 is 1.87 bits per heavy atom. The molecular weight excluding hydrogens is 313 g/mol.